The van der Waals surface area contributed by atoms with Crippen LogP contribution in [0.1, 0.15) is 0 Å². The molecule has 0 aromatic heterocycles. The van der Waals surface area contributed by atoms with E-state index in [4.69, 9.17) is 5.11 Å². The van der Waals surface area contributed by atoms with Gasteiger partial charge in [-0.2, -0.15) is 13.2 Å². The fourth-order valence-electron chi connectivity index (χ4n) is 1.66. The van der Waals surface area contributed by atoms with Crippen molar-refractivity contribution in [2.24, 2.45) is 0 Å². The summed E-state index contributed by atoms with van der Waals surface area (Å²) in [6.07, 6.45) is -5.21. The average Bonchev–Trinajstić information content (AvgIpc) is 2.34. The molecule has 0 unspecified atom stereocenters. The van der Waals surface area contributed by atoms with Crippen molar-refractivity contribution in [3.63, 3.8) is 0 Å². The Morgan fingerprint density at radius 1 is 0.850 bits per heavy atom. The van der Waals surface area contributed by atoms with E-state index in [1.807, 2.05) is 0 Å². The van der Waals surface area contributed by atoms with E-state index in [1.54, 1.807) is 0 Å². The highest BCUT2D eigenvalue weighted by Crippen LogP contribution is 2.36. The summed E-state index contributed by atoms with van der Waals surface area (Å²) >= 11 is 0. The van der Waals surface area contributed by atoms with Gasteiger partial charge in [0.25, 0.3) is 0 Å². The molecule has 0 atom stereocenters. The fraction of sp³-hybridized carbons (Fsp3) is 0.0909. The van der Waals surface area contributed by atoms with Gasteiger partial charge in [-0.25, -0.2) is 17.6 Å². The second-order valence-electron chi connectivity index (χ2n) is 3.76. The molecule has 2 aromatic carbocycles. The molecule has 0 saturated carbocycles. The molecule has 2 N–H and O–H groups in total. The van der Waals surface area contributed by atoms with Gasteiger partial charge in [0.1, 0.15) is 5.69 Å². The molecule has 0 amide bonds. The van der Waals surface area contributed by atoms with Gasteiger partial charge in [-0.3, -0.25) is 5.32 Å². The molecular formula is C11H4F7NO. The van der Waals surface area contributed by atoms with Crippen molar-refractivity contribution >= 4 is 16.5 Å². The molecule has 2 rings (SSSR count). The number of anilines is 1. The van der Waals surface area contributed by atoms with Crippen molar-refractivity contribution in [2.75, 3.05) is 5.32 Å². The molecule has 2 nitrogen and oxygen atoms in total. The van der Waals surface area contributed by atoms with Crippen LogP contribution in [0.25, 0.3) is 10.8 Å². The quantitative estimate of drug-likeness (QED) is 0.473. The van der Waals surface area contributed by atoms with Crippen molar-refractivity contribution in [1.29, 1.82) is 0 Å². The van der Waals surface area contributed by atoms with Crippen LogP contribution < -0.4 is 5.32 Å². The number of halogens is 7. The summed E-state index contributed by atoms with van der Waals surface area (Å²) in [5.74, 6) is -8.86. The first-order valence-corrected chi connectivity index (χ1v) is 4.96. The summed E-state index contributed by atoms with van der Waals surface area (Å²) < 4.78 is 90.4. The summed E-state index contributed by atoms with van der Waals surface area (Å²) in [6.45, 7) is 0. The van der Waals surface area contributed by atoms with Gasteiger partial charge in [0.15, 0.2) is 29.0 Å². The molecule has 0 saturated heterocycles. The third kappa shape index (κ3) is 2.19. The minimum atomic E-state index is -5.21. The lowest BCUT2D eigenvalue weighted by atomic mass is 10.1. The number of phenols is 1. The van der Waals surface area contributed by atoms with Crippen molar-refractivity contribution in [2.45, 2.75) is 6.30 Å². The largest absolute Gasteiger partial charge is 0.505 e. The second kappa shape index (κ2) is 4.43. The van der Waals surface area contributed by atoms with E-state index >= 15 is 0 Å². The molecule has 2 aromatic rings. The van der Waals surface area contributed by atoms with E-state index in [0.29, 0.717) is 17.4 Å². The predicted molar refractivity (Wildman–Crippen MR) is 55.1 cm³/mol. The number of rotatable bonds is 1. The van der Waals surface area contributed by atoms with Crippen LogP contribution in [0.15, 0.2) is 12.1 Å². The standard InChI is InChI=1S/C11H4F7NO/c12-6-3-1-2-4(20)7(13)5(3)8(14)9(15)10(6)19-11(16,17)18/h1-2,19-20H. The van der Waals surface area contributed by atoms with Crippen LogP contribution in [0.4, 0.5) is 36.4 Å². The number of aromatic hydroxyl groups is 1. The SMILES string of the molecule is Oc1ccc2c(F)c(NC(F)(F)F)c(F)c(F)c2c1F. The first kappa shape index (κ1) is 14.2. The van der Waals surface area contributed by atoms with Crippen LogP contribution >= 0.6 is 0 Å². The van der Waals surface area contributed by atoms with Gasteiger partial charge < -0.3 is 5.11 Å². The zero-order chi connectivity index (χ0) is 15.2. The normalized spacial score (nSPS) is 11.9. The summed E-state index contributed by atoms with van der Waals surface area (Å²) in [6, 6.07) is 1.24. The highest BCUT2D eigenvalue weighted by Gasteiger charge is 2.33. The minimum Gasteiger partial charge on any atom is -0.505 e. The molecule has 0 aliphatic heterocycles. The van der Waals surface area contributed by atoms with E-state index in [0.717, 1.165) is 0 Å². The van der Waals surface area contributed by atoms with E-state index in [2.05, 4.69) is 0 Å². The van der Waals surface area contributed by atoms with Gasteiger partial charge in [-0.15, -0.1) is 0 Å². The molecule has 0 aliphatic carbocycles. The van der Waals surface area contributed by atoms with Crippen LogP contribution in [0, 0.1) is 23.3 Å². The number of phenolic OH excluding ortho intramolecular Hbond substituents is 1. The Hall–Kier alpha value is -2.19. The summed E-state index contributed by atoms with van der Waals surface area (Å²) in [7, 11) is 0. The molecule has 0 spiro atoms. The number of hydrogen-bond acceptors (Lipinski definition) is 2. The zero-order valence-corrected chi connectivity index (χ0v) is 9.25. The van der Waals surface area contributed by atoms with Gasteiger partial charge in [0, 0.05) is 5.39 Å². The maximum absolute atomic E-state index is 13.7. The van der Waals surface area contributed by atoms with Gasteiger partial charge in [0.2, 0.25) is 0 Å². The number of alkyl halides is 3. The first-order chi connectivity index (χ1) is 9.13. The summed E-state index contributed by atoms with van der Waals surface area (Å²) in [5, 5.41) is 7.30. The molecule has 0 aliphatic rings. The van der Waals surface area contributed by atoms with Crippen molar-refractivity contribution < 1.29 is 35.8 Å². The van der Waals surface area contributed by atoms with E-state index < -0.39 is 51.8 Å². The zero-order valence-electron chi connectivity index (χ0n) is 9.25. The van der Waals surface area contributed by atoms with E-state index in [-0.39, 0.29) is 0 Å². The Bertz CT molecular complexity index is 696. The van der Waals surface area contributed by atoms with Crippen LogP contribution in [-0.2, 0) is 0 Å². The highest BCUT2D eigenvalue weighted by atomic mass is 19.4. The van der Waals surface area contributed by atoms with Crippen LogP contribution in [0.3, 0.4) is 0 Å². The van der Waals surface area contributed by atoms with Gasteiger partial charge >= 0.3 is 6.30 Å². The van der Waals surface area contributed by atoms with Gasteiger partial charge in [-0.05, 0) is 12.1 Å². The van der Waals surface area contributed by atoms with E-state index in [9.17, 15) is 30.7 Å². The molecule has 20 heavy (non-hydrogen) atoms. The van der Waals surface area contributed by atoms with Crippen molar-refractivity contribution in [3.8, 4) is 5.75 Å². The Labute approximate surface area is 106 Å². The Morgan fingerprint density at radius 2 is 1.45 bits per heavy atom. The lowest BCUT2D eigenvalue weighted by Crippen LogP contribution is -2.23. The Balaban J connectivity index is 2.85. The minimum absolute atomic E-state index is 0.510. The average molecular weight is 299 g/mol. The van der Waals surface area contributed by atoms with E-state index in [1.165, 1.54) is 0 Å². The van der Waals surface area contributed by atoms with Gasteiger partial charge in [0.05, 0.1) is 5.39 Å². The number of benzene rings is 2. The van der Waals surface area contributed by atoms with Crippen molar-refractivity contribution in [1.82, 2.24) is 0 Å². The maximum Gasteiger partial charge on any atom is 0.482 e. The highest BCUT2D eigenvalue weighted by molar-refractivity contribution is 5.89. The molecule has 0 bridgehead atoms. The monoisotopic (exact) mass is 299 g/mol. The molecular weight excluding hydrogens is 295 g/mol. The van der Waals surface area contributed by atoms with Crippen molar-refractivity contribution in [3.05, 3.63) is 35.4 Å². The van der Waals surface area contributed by atoms with Crippen LogP contribution in [0.2, 0.25) is 0 Å². The van der Waals surface area contributed by atoms with Crippen LogP contribution in [-0.4, -0.2) is 11.4 Å². The number of hydrogen-bond donors (Lipinski definition) is 2. The van der Waals surface area contributed by atoms with Crippen LogP contribution in [0.5, 0.6) is 5.75 Å². The molecule has 0 radical (unpaired) electrons. The fourth-order valence-corrected chi connectivity index (χ4v) is 1.66. The van der Waals surface area contributed by atoms with Gasteiger partial charge in [-0.1, -0.05) is 0 Å². The smallest absolute Gasteiger partial charge is 0.482 e. The third-order valence-electron chi connectivity index (χ3n) is 2.48. The summed E-state index contributed by atoms with van der Waals surface area (Å²) in [5.41, 5.74) is -1.78. The summed E-state index contributed by atoms with van der Waals surface area (Å²) in [4.78, 5) is 0. The lowest BCUT2D eigenvalue weighted by Gasteiger charge is -2.14. The predicted octanol–water partition coefficient (Wildman–Crippen LogP) is 4.03. The molecule has 0 fully saturated rings. The lowest BCUT2D eigenvalue weighted by molar-refractivity contribution is -0.100. The first-order valence-electron chi connectivity index (χ1n) is 4.96. The molecule has 108 valence electrons. The maximum atomic E-state index is 13.7. The molecule has 0 heterocycles. The topological polar surface area (TPSA) is 32.3 Å². The number of fused-ring (bicyclic) bond motifs is 1. The molecule has 9 heteroatoms. The Morgan fingerprint density at radius 3 is 2.00 bits per heavy atom. The Kier molecular flexibility index (Phi) is 3.15. The number of nitrogens with one attached hydrogen (secondary N) is 1. The second-order valence-corrected chi connectivity index (χ2v) is 3.76. The third-order valence-corrected chi connectivity index (χ3v) is 2.48.